The van der Waals surface area contributed by atoms with E-state index < -0.39 is 5.54 Å². The largest absolute Gasteiger partial charge is 0.344 e. The number of amides is 2. The molecular formula is C19H25N5O2. The molecule has 2 aromatic heterocycles. The third-order valence-corrected chi connectivity index (χ3v) is 4.76. The molecule has 1 aliphatic heterocycles. The van der Waals surface area contributed by atoms with Crippen molar-refractivity contribution in [2.45, 2.75) is 45.6 Å². The van der Waals surface area contributed by atoms with Crippen molar-refractivity contribution in [1.29, 1.82) is 0 Å². The van der Waals surface area contributed by atoms with E-state index in [2.05, 4.69) is 20.5 Å². The number of pyridine rings is 1. The molecule has 1 aliphatic rings. The van der Waals surface area contributed by atoms with Crippen molar-refractivity contribution in [3.8, 4) is 0 Å². The molecule has 2 N–H and O–H groups in total. The van der Waals surface area contributed by atoms with Gasteiger partial charge in [0.2, 0.25) is 0 Å². The fourth-order valence-electron chi connectivity index (χ4n) is 3.08. The lowest BCUT2D eigenvalue weighted by Gasteiger charge is -2.25. The Labute approximate surface area is 153 Å². The first-order valence-electron chi connectivity index (χ1n) is 8.87. The lowest BCUT2D eigenvalue weighted by atomic mass is 10.0. The van der Waals surface area contributed by atoms with Gasteiger partial charge < -0.3 is 10.2 Å². The van der Waals surface area contributed by atoms with Crippen molar-refractivity contribution in [3.63, 3.8) is 0 Å². The molecule has 0 bridgehead atoms. The van der Waals surface area contributed by atoms with Crippen LogP contribution in [-0.4, -0.2) is 50.5 Å². The number of nitrogens with one attached hydrogen (secondary N) is 2. The van der Waals surface area contributed by atoms with Gasteiger partial charge in [-0.3, -0.25) is 19.7 Å². The summed E-state index contributed by atoms with van der Waals surface area (Å²) in [6.45, 7) is 9.00. The molecule has 1 atom stereocenters. The van der Waals surface area contributed by atoms with Gasteiger partial charge in [-0.2, -0.15) is 5.10 Å². The van der Waals surface area contributed by atoms with Crippen molar-refractivity contribution in [2.24, 2.45) is 0 Å². The van der Waals surface area contributed by atoms with Crippen molar-refractivity contribution < 1.29 is 9.59 Å². The van der Waals surface area contributed by atoms with Crippen LogP contribution in [0.15, 0.2) is 24.4 Å². The van der Waals surface area contributed by atoms with Crippen molar-refractivity contribution in [2.75, 3.05) is 13.1 Å². The molecule has 3 heterocycles. The van der Waals surface area contributed by atoms with E-state index in [1.54, 1.807) is 23.2 Å². The van der Waals surface area contributed by atoms with E-state index in [-0.39, 0.29) is 17.7 Å². The van der Waals surface area contributed by atoms with E-state index in [0.717, 1.165) is 11.3 Å². The summed E-state index contributed by atoms with van der Waals surface area (Å²) in [6.07, 6.45) is 2.38. The molecule has 7 nitrogen and oxygen atoms in total. The molecule has 2 amide bonds. The Bertz CT molecular complexity index is 812. The number of hydrogen-bond donors (Lipinski definition) is 2. The quantitative estimate of drug-likeness (QED) is 0.880. The van der Waals surface area contributed by atoms with Gasteiger partial charge in [0, 0.05) is 25.0 Å². The second-order valence-corrected chi connectivity index (χ2v) is 7.58. The number of H-pyrrole nitrogens is 1. The molecule has 26 heavy (non-hydrogen) atoms. The summed E-state index contributed by atoms with van der Waals surface area (Å²) < 4.78 is 0. The van der Waals surface area contributed by atoms with Crippen LogP contribution in [0.25, 0.3) is 0 Å². The first-order chi connectivity index (χ1) is 12.3. The number of rotatable bonds is 4. The van der Waals surface area contributed by atoms with E-state index in [1.165, 1.54) is 0 Å². The molecule has 7 heteroatoms. The smallest absolute Gasteiger partial charge is 0.272 e. The lowest BCUT2D eigenvalue weighted by Crippen LogP contribution is -2.48. The maximum atomic E-state index is 12.6. The van der Waals surface area contributed by atoms with Gasteiger partial charge in [0.15, 0.2) is 0 Å². The van der Waals surface area contributed by atoms with Crippen molar-refractivity contribution in [3.05, 3.63) is 47.0 Å². The molecule has 0 aliphatic carbocycles. The average molecular weight is 355 g/mol. The molecule has 3 rings (SSSR count). The maximum Gasteiger partial charge on any atom is 0.272 e. The Balaban J connectivity index is 1.65. The highest BCUT2D eigenvalue weighted by atomic mass is 16.2. The number of aromatic nitrogens is 3. The van der Waals surface area contributed by atoms with Crippen LogP contribution in [0.1, 0.15) is 65.3 Å². The van der Waals surface area contributed by atoms with Crippen LogP contribution in [0, 0.1) is 6.92 Å². The number of carbonyl (C=O) groups excluding carboxylic acids is 2. The van der Waals surface area contributed by atoms with Crippen LogP contribution in [0.5, 0.6) is 0 Å². The Kier molecular flexibility index (Phi) is 4.80. The Morgan fingerprint density at radius 1 is 1.31 bits per heavy atom. The number of aryl methyl sites for hydroxylation is 1. The van der Waals surface area contributed by atoms with Crippen LogP contribution in [0.4, 0.5) is 0 Å². The van der Waals surface area contributed by atoms with Gasteiger partial charge in [0.05, 0.1) is 5.54 Å². The minimum atomic E-state index is -0.478. The van der Waals surface area contributed by atoms with Gasteiger partial charge in [-0.05, 0) is 43.9 Å². The van der Waals surface area contributed by atoms with Gasteiger partial charge in [-0.1, -0.05) is 19.9 Å². The minimum Gasteiger partial charge on any atom is -0.344 e. The second kappa shape index (κ2) is 6.90. The Hall–Kier alpha value is -2.70. The average Bonchev–Trinajstić information content (AvgIpc) is 3.22. The van der Waals surface area contributed by atoms with Crippen LogP contribution in [-0.2, 0) is 0 Å². The molecular weight excluding hydrogens is 330 g/mol. The highest BCUT2D eigenvalue weighted by Gasteiger charge is 2.38. The summed E-state index contributed by atoms with van der Waals surface area (Å²) in [6, 6.07) is 5.39. The maximum absolute atomic E-state index is 12.6. The first-order valence-corrected chi connectivity index (χ1v) is 8.87. The molecule has 1 unspecified atom stereocenters. The van der Waals surface area contributed by atoms with Crippen LogP contribution >= 0.6 is 0 Å². The molecule has 1 fully saturated rings. The van der Waals surface area contributed by atoms with Crippen molar-refractivity contribution in [1.82, 2.24) is 25.4 Å². The van der Waals surface area contributed by atoms with Gasteiger partial charge in [-0.15, -0.1) is 0 Å². The van der Waals surface area contributed by atoms with Gasteiger partial charge in [0.1, 0.15) is 11.4 Å². The monoisotopic (exact) mass is 355 g/mol. The summed E-state index contributed by atoms with van der Waals surface area (Å²) in [4.78, 5) is 31.1. The highest BCUT2D eigenvalue weighted by molar-refractivity contribution is 5.94. The predicted molar refractivity (Wildman–Crippen MR) is 98.0 cm³/mol. The zero-order valence-corrected chi connectivity index (χ0v) is 15.7. The second-order valence-electron chi connectivity index (χ2n) is 7.58. The van der Waals surface area contributed by atoms with E-state index >= 15 is 0 Å². The number of aromatic amines is 1. The summed E-state index contributed by atoms with van der Waals surface area (Å²) >= 11 is 0. The molecule has 1 saturated heterocycles. The SMILES string of the molecule is Cc1ccc(C(=O)N2CCC(C)(NC(=O)c3cc(C(C)C)[nH]n3)C2)nc1. The summed E-state index contributed by atoms with van der Waals surface area (Å²) in [5.74, 6) is -0.0514. The minimum absolute atomic E-state index is 0.107. The number of carbonyl (C=O) groups is 2. The van der Waals surface area contributed by atoms with Gasteiger partial charge in [-0.25, -0.2) is 0 Å². The normalized spacial score (nSPS) is 19.8. The fraction of sp³-hybridized carbons (Fsp3) is 0.474. The van der Waals surface area contributed by atoms with Crippen LogP contribution < -0.4 is 5.32 Å². The lowest BCUT2D eigenvalue weighted by molar-refractivity contribution is 0.0763. The Morgan fingerprint density at radius 2 is 2.08 bits per heavy atom. The topological polar surface area (TPSA) is 91.0 Å². The molecule has 0 spiro atoms. The standard InChI is InChI=1S/C19H25N5O2/c1-12(2)15-9-16(23-22-15)17(25)21-19(4)7-8-24(11-19)18(26)14-6-5-13(3)10-20-14/h5-6,9-10,12H,7-8,11H2,1-4H3,(H,21,25)(H,22,23). The van der Waals surface area contributed by atoms with Gasteiger partial charge in [0.25, 0.3) is 11.8 Å². The fourth-order valence-corrected chi connectivity index (χ4v) is 3.08. The molecule has 2 aromatic rings. The molecule has 0 saturated carbocycles. The van der Waals surface area contributed by atoms with Crippen LogP contribution in [0.2, 0.25) is 0 Å². The predicted octanol–water partition coefficient (Wildman–Crippen LogP) is 2.27. The third kappa shape index (κ3) is 3.76. The highest BCUT2D eigenvalue weighted by Crippen LogP contribution is 2.23. The van der Waals surface area contributed by atoms with Crippen LogP contribution in [0.3, 0.4) is 0 Å². The van der Waals surface area contributed by atoms with E-state index in [0.29, 0.717) is 30.9 Å². The zero-order valence-electron chi connectivity index (χ0n) is 15.7. The van der Waals surface area contributed by atoms with E-state index in [4.69, 9.17) is 0 Å². The summed E-state index contributed by atoms with van der Waals surface area (Å²) in [5, 5.41) is 10.0. The third-order valence-electron chi connectivity index (χ3n) is 4.76. The number of nitrogens with zero attached hydrogens (tertiary/aromatic N) is 3. The zero-order chi connectivity index (χ0) is 18.9. The van der Waals surface area contributed by atoms with Crippen molar-refractivity contribution >= 4 is 11.8 Å². The first kappa shape index (κ1) is 18.1. The van der Waals surface area contributed by atoms with Gasteiger partial charge >= 0.3 is 0 Å². The Morgan fingerprint density at radius 3 is 2.69 bits per heavy atom. The summed E-state index contributed by atoms with van der Waals surface area (Å²) in [5.41, 5.74) is 2.27. The molecule has 0 aromatic carbocycles. The number of hydrogen-bond acceptors (Lipinski definition) is 4. The van der Waals surface area contributed by atoms with E-state index in [1.807, 2.05) is 33.8 Å². The number of likely N-dealkylation sites (tertiary alicyclic amines) is 1. The molecule has 138 valence electrons. The summed E-state index contributed by atoms with van der Waals surface area (Å²) in [7, 11) is 0. The van der Waals surface area contributed by atoms with E-state index in [9.17, 15) is 9.59 Å². The molecule has 0 radical (unpaired) electrons.